The number of anilines is 1. The maximum atomic E-state index is 5.75. The second kappa shape index (κ2) is 5.29. The van der Waals surface area contributed by atoms with Gasteiger partial charge in [0.2, 0.25) is 0 Å². The van der Waals surface area contributed by atoms with Crippen LogP contribution in [0, 0.1) is 6.92 Å². The second-order valence-corrected chi connectivity index (χ2v) is 5.11. The van der Waals surface area contributed by atoms with Crippen LogP contribution < -0.4 is 10.6 Å². The first kappa shape index (κ1) is 12.1. The minimum Gasteiger partial charge on any atom is -0.368 e. The number of nitrogens with two attached hydrogens (primary N) is 1. The van der Waals surface area contributed by atoms with Gasteiger partial charge in [-0.05, 0) is 18.6 Å². The largest absolute Gasteiger partial charge is 0.368 e. The van der Waals surface area contributed by atoms with Gasteiger partial charge in [-0.15, -0.1) is 11.3 Å². The number of thiazole rings is 1. The lowest BCUT2D eigenvalue weighted by Gasteiger charge is -2.21. The molecule has 1 heterocycles. The first-order valence-corrected chi connectivity index (χ1v) is 6.49. The average molecular weight is 247 g/mol. The molecule has 0 saturated carbocycles. The fraction of sp³-hybridized carbons (Fsp3) is 0.308. The van der Waals surface area contributed by atoms with Gasteiger partial charge in [-0.3, -0.25) is 0 Å². The Bertz CT molecular complexity index is 493. The van der Waals surface area contributed by atoms with Crippen molar-refractivity contribution < 1.29 is 0 Å². The van der Waals surface area contributed by atoms with E-state index in [4.69, 9.17) is 5.73 Å². The summed E-state index contributed by atoms with van der Waals surface area (Å²) in [6.45, 7) is 3.42. The SMILES string of the molecule is Cc1nc(CN(C)c2ccccc2CN)cs1. The number of para-hydroxylation sites is 1. The van der Waals surface area contributed by atoms with Crippen molar-refractivity contribution in [3.05, 3.63) is 45.9 Å². The molecular formula is C13H17N3S. The summed E-state index contributed by atoms with van der Waals surface area (Å²) in [6.07, 6.45) is 0. The number of nitrogens with zero attached hydrogens (tertiary/aromatic N) is 2. The third-order valence-corrected chi connectivity index (χ3v) is 3.51. The molecule has 4 heteroatoms. The van der Waals surface area contributed by atoms with Crippen molar-refractivity contribution in [2.24, 2.45) is 5.73 Å². The van der Waals surface area contributed by atoms with Gasteiger partial charge in [-0.25, -0.2) is 4.98 Å². The Kier molecular flexibility index (Phi) is 3.76. The molecule has 90 valence electrons. The lowest BCUT2D eigenvalue weighted by molar-refractivity contribution is 0.877. The Hall–Kier alpha value is -1.39. The van der Waals surface area contributed by atoms with E-state index in [9.17, 15) is 0 Å². The Labute approximate surface area is 106 Å². The predicted octanol–water partition coefficient (Wildman–Crippen LogP) is 2.55. The van der Waals surface area contributed by atoms with Gasteiger partial charge in [0.05, 0.1) is 17.2 Å². The predicted molar refractivity (Wildman–Crippen MR) is 73.3 cm³/mol. The van der Waals surface area contributed by atoms with Crippen LogP contribution in [0.5, 0.6) is 0 Å². The minimum absolute atomic E-state index is 0.566. The van der Waals surface area contributed by atoms with Gasteiger partial charge in [-0.1, -0.05) is 18.2 Å². The Morgan fingerprint density at radius 1 is 1.35 bits per heavy atom. The zero-order chi connectivity index (χ0) is 12.3. The summed E-state index contributed by atoms with van der Waals surface area (Å²) in [4.78, 5) is 6.67. The van der Waals surface area contributed by atoms with E-state index in [2.05, 4.69) is 34.4 Å². The van der Waals surface area contributed by atoms with E-state index < -0.39 is 0 Å². The lowest BCUT2D eigenvalue weighted by Crippen LogP contribution is -2.19. The van der Waals surface area contributed by atoms with Crippen LogP contribution in [0.25, 0.3) is 0 Å². The van der Waals surface area contributed by atoms with Gasteiger partial charge in [0.1, 0.15) is 0 Å². The molecule has 0 bridgehead atoms. The number of benzene rings is 1. The molecule has 0 unspecified atom stereocenters. The lowest BCUT2D eigenvalue weighted by atomic mass is 10.1. The number of aryl methyl sites for hydroxylation is 1. The standard InChI is InChI=1S/C13H17N3S/c1-10-15-12(9-17-10)8-16(2)13-6-4-3-5-11(13)7-14/h3-6,9H,7-8,14H2,1-2H3. The van der Waals surface area contributed by atoms with Crippen LogP contribution in [0.4, 0.5) is 5.69 Å². The molecule has 2 rings (SSSR count). The van der Waals surface area contributed by atoms with Crippen molar-refractivity contribution in [3.8, 4) is 0 Å². The smallest absolute Gasteiger partial charge is 0.0898 e. The molecule has 0 amide bonds. The van der Waals surface area contributed by atoms with E-state index in [-0.39, 0.29) is 0 Å². The molecule has 2 N–H and O–H groups in total. The first-order valence-electron chi connectivity index (χ1n) is 5.61. The van der Waals surface area contributed by atoms with Crippen LogP contribution in [0.3, 0.4) is 0 Å². The molecule has 0 fully saturated rings. The van der Waals surface area contributed by atoms with Gasteiger partial charge in [0.15, 0.2) is 0 Å². The van der Waals surface area contributed by atoms with Crippen molar-refractivity contribution in [1.82, 2.24) is 4.98 Å². The quantitative estimate of drug-likeness (QED) is 0.903. The highest BCUT2D eigenvalue weighted by molar-refractivity contribution is 7.09. The molecule has 0 aliphatic rings. The summed E-state index contributed by atoms with van der Waals surface area (Å²) in [7, 11) is 2.07. The highest BCUT2D eigenvalue weighted by Gasteiger charge is 2.07. The minimum atomic E-state index is 0.566. The van der Waals surface area contributed by atoms with Crippen LogP contribution in [0.15, 0.2) is 29.6 Å². The molecule has 0 aliphatic carbocycles. The second-order valence-electron chi connectivity index (χ2n) is 4.05. The third kappa shape index (κ3) is 2.84. The van der Waals surface area contributed by atoms with E-state index >= 15 is 0 Å². The summed E-state index contributed by atoms with van der Waals surface area (Å²) in [5.41, 5.74) is 9.21. The van der Waals surface area contributed by atoms with E-state index in [1.165, 1.54) is 11.3 Å². The van der Waals surface area contributed by atoms with E-state index in [1.807, 2.05) is 19.1 Å². The molecule has 1 aromatic heterocycles. The van der Waals surface area contributed by atoms with Crippen LogP contribution >= 0.6 is 11.3 Å². The zero-order valence-electron chi connectivity index (χ0n) is 10.2. The summed E-state index contributed by atoms with van der Waals surface area (Å²) >= 11 is 1.69. The Morgan fingerprint density at radius 3 is 2.76 bits per heavy atom. The van der Waals surface area contributed by atoms with E-state index in [0.29, 0.717) is 6.54 Å². The molecule has 3 nitrogen and oxygen atoms in total. The maximum Gasteiger partial charge on any atom is 0.0898 e. The monoisotopic (exact) mass is 247 g/mol. The molecular weight excluding hydrogens is 230 g/mol. The molecule has 0 spiro atoms. The summed E-state index contributed by atoms with van der Waals surface area (Å²) in [5, 5.41) is 3.22. The van der Waals surface area contributed by atoms with Crippen molar-refractivity contribution in [3.63, 3.8) is 0 Å². The van der Waals surface area contributed by atoms with Crippen LogP contribution in [0.1, 0.15) is 16.3 Å². The maximum absolute atomic E-state index is 5.75. The number of hydrogen-bond donors (Lipinski definition) is 1. The van der Waals surface area contributed by atoms with Crippen molar-refractivity contribution in [2.75, 3.05) is 11.9 Å². The van der Waals surface area contributed by atoms with E-state index in [0.717, 1.165) is 17.2 Å². The molecule has 0 saturated heterocycles. The molecule has 0 atom stereocenters. The normalized spacial score (nSPS) is 10.5. The number of hydrogen-bond acceptors (Lipinski definition) is 4. The molecule has 1 aromatic carbocycles. The summed E-state index contributed by atoms with van der Waals surface area (Å²) in [6, 6.07) is 8.23. The van der Waals surface area contributed by atoms with Crippen LogP contribution in [-0.4, -0.2) is 12.0 Å². The average Bonchev–Trinajstić information content (AvgIpc) is 2.74. The highest BCUT2D eigenvalue weighted by Crippen LogP contribution is 2.21. The zero-order valence-corrected chi connectivity index (χ0v) is 11.0. The fourth-order valence-electron chi connectivity index (χ4n) is 1.86. The van der Waals surface area contributed by atoms with Crippen molar-refractivity contribution >= 4 is 17.0 Å². The van der Waals surface area contributed by atoms with Gasteiger partial charge < -0.3 is 10.6 Å². The molecule has 0 radical (unpaired) electrons. The van der Waals surface area contributed by atoms with Gasteiger partial charge in [-0.2, -0.15) is 0 Å². The van der Waals surface area contributed by atoms with Crippen LogP contribution in [-0.2, 0) is 13.1 Å². The highest BCUT2D eigenvalue weighted by atomic mass is 32.1. The van der Waals surface area contributed by atoms with Crippen molar-refractivity contribution in [1.29, 1.82) is 0 Å². The topological polar surface area (TPSA) is 42.2 Å². The summed E-state index contributed by atoms with van der Waals surface area (Å²) in [5.74, 6) is 0. The van der Waals surface area contributed by atoms with Crippen molar-refractivity contribution in [2.45, 2.75) is 20.0 Å². The summed E-state index contributed by atoms with van der Waals surface area (Å²) < 4.78 is 0. The molecule has 2 aromatic rings. The van der Waals surface area contributed by atoms with Gasteiger partial charge in [0.25, 0.3) is 0 Å². The van der Waals surface area contributed by atoms with Gasteiger partial charge >= 0.3 is 0 Å². The fourth-order valence-corrected chi connectivity index (χ4v) is 2.47. The van der Waals surface area contributed by atoms with Crippen LogP contribution in [0.2, 0.25) is 0 Å². The molecule has 17 heavy (non-hydrogen) atoms. The number of rotatable bonds is 4. The Morgan fingerprint density at radius 2 is 2.12 bits per heavy atom. The Balaban J connectivity index is 2.16. The first-order chi connectivity index (χ1) is 8.20. The van der Waals surface area contributed by atoms with E-state index in [1.54, 1.807) is 11.3 Å². The third-order valence-electron chi connectivity index (χ3n) is 2.69. The number of aromatic nitrogens is 1. The van der Waals surface area contributed by atoms with Gasteiger partial charge in [0, 0.05) is 24.7 Å². The molecule has 0 aliphatic heterocycles.